The van der Waals surface area contributed by atoms with E-state index >= 15 is 0 Å². The molecule has 5 aromatic rings. The van der Waals surface area contributed by atoms with Crippen LogP contribution < -0.4 is 16.4 Å². The minimum atomic E-state index is -0.329. The molecule has 2 aromatic heterocycles. The van der Waals surface area contributed by atoms with Crippen molar-refractivity contribution in [3.63, 3.8) is 0 Å². The Hall–Kier alpha value is -4.38. The molecule has 0 atom stereocenters. The number of nitrogens with two attached hydrogens (primary N) is 1. The van der Waals surface area contributed by atoms with Crippen LogP contribution in [0, 0.1) is 25.2 Å². The summed E-state index contributed by atoms with van der Waals surface area (Å²) in [6, 6.07) is 24.8. The number of hydrogen-bond donors (Lipinski definition) is 3. The predicted molar refractivity (Wildman–Crippen MR) is 153 cm³/mol. The maximum atomic E-state index is 13.7. The average Bonchev–Trinajstić information content (AvgIpc) is 3.22. The van der Waals surface area contributed by atoms with Crippen LogP contribution in [0.1, 0.15) is 27.0 Å². The number of thiophene rings is 1. The highest BCUT2D eigenvalue weighted by molar-refractivity contribution is 7.24. The van der Waals surface area contributed by atoms with Crippen LogP contribution in [0.2, 0.25) is 5.02 Å². The van der Waals surface area contributed by atoms with Crippen LogP contribution in [0.3, 0.4) is 0 Å². The number of amides is 1. The van der Waals surface area contributed by atoms with E-state index in [1.807, 2.05) is 74.5 Å². The standard InChI is InChI=1S/C29H22ClN5OS/c1-16-6-12-20(13-7-16)34-29-24(28(36)33-21-5-3-4-17(2)14-21)25-26(37-29)23(22(15-31)27(32)35-25)18-8-10-19(30)11-9-18/h3-14,34H,1-2H3,(H2,32,35)(H,33,36). The summed E-state index contributed by atoms with van der Waals surface area (Å²) in [4.78, 5) is 18.3. The number of benzene rings is 3. The van der Waals surface area contributed by atoms with Gasteiger partial charge in [-0.05, 0) is 61.4 Å². The molecule has 0 unspecified atom stereocenters. The Morgan fingerprint density at radius 3 is 2.41 bits per heavy atom. The molecule has 0 fully saturated rings. The Balaban J connectivity index is 1.74. The van der Waals surface area contributed by atoms with Gasteiger partial charge in [-0.25, -0.2) is 4.98 Å². The number of nitrogen functional groups attached to an aromatic ring is 1. The van der Waals surface area contributed by atoms with Gasteiger partial charge in [-0.2, -0.15) is 5.26 Å². The van der Waals surface area contributed by atoms with Gasteiger partial charge in [0.2, 0.25) is 0 Å². The number of nitriles is 1. The van der Waals surface area contributed by atoms with Crippen molar-refractivity contribution in [2.24, 2.45) is 0 Å². The zero-order chi connectivity index (χ0) is 26.1. The van der Waals surface area contributed by atoms with E-state index in [1.54, 1.807) is 12.1 Å². The van der Waals surface area contributed by atoms with Gasteiger partial charge >= 0.3 is 0 Å². The van der Waals surface area contributed by atoms with Crippen molar-refractivity contribution in [1.82, 2.24) is 4.98 Å². The lowest BCUT2D eigenvalue weighted by molar-refractivity contribution is 0.102. The summed E-state index contributed by atoms with van der Waals surface area (Å²) >= 11 is 7.48. The first-order chi connectivity index (χ1) is 17.8. The first-order valence-corrected chi connectivity index (χ1v) is 12.7. The molecule has 1 amide bonds. The van der Waals surface area contributed by atoms with Crippen molar-refractivity contribution in [2.75, 3.05) is 16.4 Å². The zero-order valence-corrected chi connectivity index (χ0v) is 21.7. The summed E-state index contributed by atoms with van der Waals surface area (Å²) in [5.41, 5.74) is 12.3. The molecule has 0 saturated heterocycles. The topological polar surface area (TPSA) is 104 Å². The van der Waals surface area contributed by atoms with E-state index in [4.69, 9.17) is 17.3 Å². The van der Waals surface area contributed by atoms with Gasteiger partial charge in [0.05, 0.1) is 10.2 Å². The number of anilines is 4. The van der Waals surface area contributed by atoms with Crippen molar-refractivity contribution in [1.29, 1.82) is 5.26 Å². The van der Waals surface area contributed by atoms with E-state index in [2.05, 4.69) is 21.7 Å². The third-order valence-corrected chi connectivity index (χ3v) is 7.27. The monoisotopic (exact) mass is 523 g/mol. The van der Waals surface area contributed by atoms with Crippen molar-refractivity contribution in [3.8, 4) is 17.2 Å². The Bertz CT molecular complexity index is 1690. The Kier molecular flexibility index (Phi) is 6.53. The molecule has 0 aliphatic rings. The highest BCUT2D eigenvalue weighted by Gasteiger charge is 2.26. The number of hydrogen-bond acceptors (Lipinski definition) is 6. The lowest BCUT2D eigenvalue weighted by Gasteiger charge is -2.10. The molecule has 37 heavy (non-hydrogen) atoms. The third-order valence-electron chi connectivity index (χ3n) is 5.91. The highest BCUT2D eigenvalue weighted by atomic mass is 35.5. The molecule has 182 valence electrons. The highest BCUT2D eigenvalue weighted by Crippen LogP contribution is 2.44. The second kappa shape index (κ2) is 9.94. The molecule has 0 radical (unpaired) electrons. The molecule has 2 heterocycles. The van der Waals surface area contributed by atoms with Gasteiger partial charge < -0.3 is 16.4 Å². The quantitative estimate of drug-likeness (QED) is 0.219. The number of carbonyl (C=O) groups excluding carboxylic acids is 1. The zero-order valence-electron chi connectivity index (χ0n) is 20.1. The Labute approximate surface area is 223 Å². The molecule has 6 nitrogen and oxygen atoms in total. The maximum Gasteiger partial charge on any atom is 0.260 e. The van der Waals surface area contributed by atoms with Crippen LogP contribution in [0.4, 0.5) is 22.2 Å². The van der Waals surface area contributed by atoms with Crippen LogP contribution in [0.15, 0.2) is 72.8 Å². The van der Waals surface area contributed by atoms with Crippen LogP contribution in [-0.2, 0) is 0 Å². The molecule has 3 aromatic carbocycles. The number of carbonyl (C=O) groups is 1. The third kappa shape index (κ3) is 4.85. The van der Waals surface area contributed by atoms with Crippen molar-refractivity contribution in [2.45, 2.75) is 13.8 Å². The fourth-order valence-corrected chi connectivity index (χ4v) is 5.46. The van der Waals surface area contributed by atoms with Crippen LogP contribution in [-0.4, -0.2) is 10.9 Å². The van der Waals surface area contributed by atoms with Crippen molar-refractivity contribution >= 4 is 61.3 Å². The molecule has 0 aliphatic heterocycles. The van der Waals surface area contributed by atoms with Gasteiger partial charge in [0.15, 0.2) is 0 Å². The second-order valence-electron chi connectivity index (χ2n) is 8.66. The first-order valence-electron chi connectivity index (χ1n) is 11.5. The van der Waals surface area contributed by atoms with Gasteiger partial charge in [0, 0.05) is 22.0 Å². The summed E-state index contributed by atoms with van der Waals surface area (Å²) in [5, 5.41) is 17.5. The minimum absolute atomic E-state index is 0.0595. The van der Waals surface area contributed by atoms with Crippen molar-refractivity contribution < 1.29 is 4.79 Å². The molecule has 0 aliphatic carbocycles. The van der Waals surface area contributed by atoms with Crippen LogP contribution >= 0.6 is 22.9 Å². The van der Waals surface area contributed by atoms with E-state index in [0.29, 0.717) is 37.1 Å². The maximum absolute atomic E-state index is 13.7. The lowest BCUT2D eigenvalue weighted by Crippen LogP contribution is -2.13. The fraction of sp³-hybridized carbons (Fsp3) is 0.0690. The molecule has 4 N–H and O–H groups in total. The van der Waals surface area contributed by atoms with Gasteiger partial charge in [0.1, 0.15) is 28.0 Å². The molecule has 0 saturated carbocycles. The van der Waals surface area contributed by atoms with E-state index in [1.165, 1.54) is 11.3 Å². The Morgan fingerprint density at radius 2 is 1.73 bits per heavy atom. The molecule has 8 heteroatoms. The van der Waals surface area contributed by atoms with Gasteiger partial charge in [-0.3, -0.25) is 4.79 Å². The number of aryl methyl sites for hydroxylation is 2. The summed E-state index contributed by atoms with van der Waals surface area (Å²) in [5.74, 6) is -0.269. The molecule has 5 rings (SSSR count). The molecular weight excluding hydrogens is 502 g/mol. The largest absolute Gasteiger partial charge is 0.383 e. The first kappa shape index (κ1) is 24.3. The fourth-order valence-electron chi connectivity index (χ4n) is 4.10. The lowest BCUT2D eigenvalue weighted by atomic mass is 10.00. The van der Waals surface area contributed by atoms with Gasteiger partial charge in [0.25, 0.3) is 5.91 Å². The summed E-state index contributed by atoms with van der Waals surface area (Å²) in [7, 11) is 0. The number of nitrogens with zero attached hydrogens (tertiary/aromatic N) is 2. The SMILES string of the molecule is Cc1ccc(Nc2sc3c(-c4ccc(Cl)cc4)c(C#N)c(N)nc3c2C(=O)Nc2cccc(C)c2)cc1. The predicted octanol–water partition coefficient (Wildman–Crippen LogP) is 7.68. The minimum Gasteiger partial charge on any atom is -0.383 e. The average molecular weight is 524 g/mol. The summed E-state index contributed by atoms with van der Waals surface area (Å²) in [6.07, 6.45) is 0. The van der Waals surface area contributed by atoms with Crippen LogP contribution in [0.25, 0.3) is 21.3 Å². The number of nitrogens with one attached hydrogen (secondary N) is 2. The van der Waals surface area contributed by atoms with E-state index in [-0.39, 0.29) is 17.3 Å². The van der Waals surface area contributed by atoms with E-state index in [9.17, 15) is 10.1 Å². The number of pyridine rings is 1. The number of fused-ring (bicyclic) bond motifs is 1. The summed E-state index contributed by atoms with van der Waals surface area (Å²) < 4.78 is 0.678. The number of rotatable bonds is 5. The van der Waals surface area contributed by atoms with E-state index in [0.717, 1.165) is 22.4 Å². The van der Waals surface area contributed by atoms with Gasteiger partial charge in [-0.15, -0.1) is 11.3 Å². The van der Waals surface area contributed by atoms with E-state index < -0.39 is 0 Å². The normalized spacial score (nSPS) is 10.8. The van der Waals surface area contributed by atoms with Crippen molar-refractivity contribution in [3.05, 3.63) is 100 Å². The number of aromatic nitrogens is 1. The summed E-state index contributed by atoms with van der Waals surface area (Å²) in [6.45, 7) is 3.97. The number of halogens is 1. The second-order valence-corrected chi connectivity index (χ2v) is 10.1. The molecular formula is C29H22ClN5OS. The van der Waals surface area contributed by atoms with Gasteiger partial charge in [-0.1, -0.05) is 53.6 Å². The van der Waals surface area contributed by atoms with Crippen LogP contribution in [0.5, 0.6) is 0 Å². The smallest absolute Gasteiger partial charge is 0.260 e. The molecule has 0 spiro atoms. The Morgan fingerprint density at radius 1 is 1.00 bits per heavy atom. The molecule has 0 bridgehead atoms.